The van der Waals surface area contributed by atoms with Crippen LogP contribution in [0, 0.1) is 13.8 Å². The van der Waals surface area contributed by atoms with Crippen LogP contribution in [0.1, 0.15) is 11.4 Å². The van der Waals surface area contributed by atoms with Gasteiger partial charge in [0.15, 0.2) is 0 Å². The molecule has 0 fully saturated rings. The van der Waals surface area contributed by atoms with Crippen LogP contribution < -0.4 is 4.74 Å². The summed E-state index contributed by atoms with van der Waals surface area (Å²) in [4.78, 5) is 0.250. The summed E-state index contributed by atoms with van der Waals surface area (Å²) in [5.74, 6) is 0.594. The number of aryl methyl sites for hydroxylation is 1. The molecule has 0 N–H and O–H groups in total. The highest BCUT2D eigenvalue weighted by molar-refractivity contribution is 7.89. The number of aromatic nitrogens is 2. The summed E-state index contributed by atoms with van der Waals surface area (Å²) in [6.45, 7) is 4.20. The van der Waals surface area contributed by atoms with Gasteiger partial charge in [-0.2, -0.15) is 5.10 Å². The highest BCUT2D eigenvalue weighted by atomic mass is 35.5. The number of hydrogen-bond donors (Lipinski definition) is 0. The molecule has 8 heteroatoms. The summed E-state index contributed by atoms with van der Waals surface area (Å²) < 4.78 is 33.2. The molecule has 0 atom stereocenters. The number of para-hydroxylation sites is 1. The van der Waals surface area contributed by atoms with Crippen molar-refractivity contribution in [3.63, 3.8) is 0 Å². The third-order valence-electron chi connectivity index (χ3n) is 3.45. The van der Waals surface area contributed by atoms with Gasteiger partial charge >= 0.3 is 0 Å². The maximum absolute atomic E-state index is 12.4. The molecule has 23 heavy (non-hydrogen) atoms. The lowest BCUT2D eigenvalue weighted by Gasteiger charge is -2.12. The zero-order valence-electron chi connectivity index (χ0n) is 13.6. The Morgan fingerprint density at radius 3 is 2.52 bits per heavy atom. The van der Waals surface area contributed by atoms with E-state index < -0.39 is 10.0 Å². The summed E-state index contributed by atoms with van der Waals surface area (Å²) in [5.41, 5.74) is 1.08. The van der Waals surface area contributed by atoms with Crippen LogP contribution in [-0.4, -0.2) is 43.2 Å². The Hall–Kier alpha value is -1.57. The number of benzene rings is 1. The van der Waals surface area contributed by atoms with Gasteiger partial charge in [0.2, 0.25) is 10.0 Å². The number of hydrogen-bond acceptors (Lipinski definition) is 4. The summed E-state index contributed by atoms with van der Waals surface area (Å²) in [6, 6.07) is 7.20. The predicted octanol–water partition coefficient (Wildman–Crippen LogP) is 2.48. The van der Waals surface area contributed by atoms with Crippen LogP contribution in [0.25, 0.3) is 0 Å². The number of halogens is 1. The van der Waals surface area contributed by atoms with Crippen molar-refractivity contribution in [1.82, 2.24) is 14.1 Å². The molecule has 1 aromatic carbocycles. The van der Waals surface area contributed by atoms with Gasteiger partial charge in [-0.1, -0.05) is 23.7 Å². The lowest BCUT2D eigenvalue weighted by molar-refractivity contribution is 0.289. The topological polar surface area (TPSA) is 64.4 Å². The molecule has 2 aromatic rings. The van der Waals surface area contributed by atoms with E-state index in [-0.39, 0.29) is 4.90 Å². The van der Waals surface area contributed by atoms with Gasteiger partial charge in [-0.25, -0.2) is 12.7 Å². The zero-order valence-corrected chi connectivity index (χ0v) is 15.1. The van der Waals surface area contributed by atoms with E-state index in [4.69, 9.17) is 16.3 Å². The van der Waals surface area contributed by atoms with Gasteiger partial charge in [0, 0.05) is 14.1 Å². The molecule has 0 aliphatic carbocycles. The Balaban J connectivity index is 2.15. The smallest absolute Gasteiger partial charge is 0.246 e. The first-order chi connectivity index (χ1) is 10.7. The van der Waals surface area contributed by atoms with Gasteiger partial charge in [-0.05, 0) is 26.0 Å². The Bertz CT molecular complexity index is 800. The molecular formula is C15H20ClN3O3S. The minimum absolute atomic E-state index is 0.250. The van der Waals surface area contributed by atoms with E-state index in [9.17, 15) is 8.42 Å². The molecule has 126 valence electrons. The minimum Gasteiger partial charge on any atom is -0.490 e. The largest absolute Gasteiger partial charge is 0.490 e. The van der Waals surface area contributed by atoms with E-state index in [0.717, 1.165) is 0 Å². The number of ether oxygens (including phenoxy) is 1. The standard InChI is InChI=1S/C15H20ClN3O3S/c1-11-15(23(20,21)18(3)4)12(2)19(17-11)9-10-22-14-8-6-5-7-13(14)16/h5-8H,9-10H2,1-4H3. The van der Waals surface area contributed by atoms with E-state index in [2.05, 4.69) is 5.10 Å². The van der Waals surface area contributed by atoms with Crippen LogP contribution >= 0.6 is 11.6 Å². The van der Waals surface area contributed by atoms with Crippen molar-refractivity contribution in [2.24, 2.45) is 0 Å². The molecule has 0 spiro atoms. The van der Waals surface area contributed by atoms with Crippen molar-refractivity contribution in [2.75, 3.05) is 20.7 Å². The van der Waals surface area contributed by atoms with E-state index in [1.807, 2.05) is 12.1 Å². The van der Waals surface area contributed by atoms with Crippen LogP contribution in [0.4, 0.5) is 0 Å². The first kappa shape index (κ1) is 17.8. The average Bonchev–Trinajstić information content (AvgIpc) is 2.76. The Labute approximate surface area is 141 Å². The Morgan fingerprint density at radius 2 is 1.91 bits per heavy atom. The lowest BCUT2D eigenvalue weighted by atomic mass is 10.3. The van der Waals surface area contributed by atoms with Crippen molar-refractivity contribution >= 4 is 21.6 Å². The highest BCUT2D eigenvalue weighted by Gasteiger charge is 2.26. The summed E-state index contributed by atoms with van der Waals surface area (Å²) in [7, 11) is -0.501. The Kier molecular flexibility index (Phi) is 5.33. The predicted molar refractivity (Wildman–Crippen MR) is 89.5 cm³/mol. The van der Waals surface area contributed by atoms with Gasteiger partial charge in [0.05, 0.1) is 23.0 Å². The highest BCUT2D eigenvalue weighted by Crippen LogP contribution is 2.24. The molecule has 0 aliphatic heterocycles. The Morgan fingerprint density at radius 1 is 1.26 bits per heavy atom. The molecule has 0 saturated heterocycles. The number of nitrogens with zero attached hydrogens (tertiary/aromatic N) is 3. The van der Waals surface area contributed by atoms with Crippen LogP contribution in [0.15, 0.2) is 29.2 Å². The van der Waals surface area contributed by atoms with E-state index in [1.54, 1.807) is 30.7 Å². The first-order valence-corrected chi connectivity index (χ1v) is 8.91. The third-order valence-corrected chi connectivity index (χ3v) is 5.83. The average molecular weight is 358 g/mol. The van der Waals surface area contributed by atoms with Gasteiger partial charge in [-0.3, -0.25) is 4.68 Å². The molecule has 0 aliphatic rings. The molecule has 0 radical (unpaired) electrons. The molecule has 2 rings (SSSR count). The van der Waals surface area contributed by atoms with Gasteiger partial charge in [0.25, 0.3) is 0 Å². The normalized spacial score (nSPS) is 11.9. The maximum atomic E-state index is 12.4. The third kappa shape index (κ3) is 3.68. The molecule has 0 unspecified atom stereocenters. The van der Waals surface area contributed by atoms with Gasteiger partial charge < -0.3 is 4.74 Å². The van der Waals surface area contributed by atoms with Crippen LogP contribution in [0.5, 0.6) is 5.75 Å². The van der Waals surface area contributed by atoms with E-state index in [0.29, 0.717) is 35.3 Å². The molecule has 0 bridgehead atoms. The molecule has 0 saturated carbocycles. The minimum atomic E-state index is -3.51. The molecule has 0 amide bonds. The fraction of sp³-hybridized carbons (Fsp3) is 0.400. The summed E-state index contributed by atoms with van der Waals surface area (Å²) in [6.07, 6.45) is 0. The quantitative estimate of drug-likeness (QED) is 0.796. The second-order valence-electron chi connectivity index (χ2n) is 5.29. The fourth-order valence-electron chi connectivity index (χ4n) is 2.26. The van der Waals surface area contributed by atoms with Gasteiger partial charge in [0.1, 0.15) is 17.3 Å². The maximum Gasteiger partial charge on any atom is 0.246 e. The summed E-state index contributed by atoms with van der Waals surface area (Å²) in [5, 5.41) is 4.85. The monoisotopic (exact) mass is 357 g/mol. The van der Waals surface area contributed by atoms with Crippen LogP contribution in [0.2, 0.25) is 5.02 Å². The molecule has 6 nitrogen and oxygen atoms in total. The fourth-order valence-corrected chi connectivity index (χ4v) is 3.71. The van der Waals surface area contributed by atoms with Crippen molar-refractivity contribution in [1.29, 1.82) is 0 Å². The summed E-state index contributed by atoms with van der Waals surface area (Å²) >= 11 is 6.03. The number of sulfonamides is 1. The second kappa shape index (κ2) is 6.90. The van der Waals surface area contributed by atoms with Crippen LogP contribution in [-0.2, 0) is 16.6 Å². The second-order valence-corrected chi connectivity index (χ2v) is 7.79. The van der Waals surface area contributed by atoms with Crippen molar-refractivity contribution in [3.05, 3.63) is 40.7 Å². The van der Waals surface area contributed by atoms with E-state index >= 15 is 0 Å². The number of rotatable bonds is 6. The van der Waals surface area contributed by atoms with Crippen molar-refractivity contribution in [2.45, 2.75) is 25.3 Å². The first-order valence-electron chi connectivity index (χ1n) is 7.09. The lowest BCUT2D eigenvalue weighted by Crippen LogP contribution is -2.23. The van der Waals surface area contributed by atoms with Crippen LogP contribution in [0.3, 0.4) is 0 Å². The molecule has 1 aromatic heterocycles. The molecular weight excluding hydrogens is 338 g/mol. The zero-order chi connectivity index (χ0) is 17.2. The van der Waals surface area contributed by atoms with Gasteiger partial charge in [-0.15, -0.1) is 0 Å². The van der Waals surface area contributed by atoms with Crippen molar-refractivity contribution < 1.29 is 13.2 Å². The SMILES string of the molecule is Cc1nn(CCOc2ccccc2Cl)c(C)c1S(=O)(=O)N(C)C. The van der Waals surface area contributed by atoms with E-state index in [1.165, 1.54) is 18.4 Å². The van der Waals surface area contributed by atoms with Crippen molar-refractivity contribution in [3.8, 4) is 5.75 Å². The molecule has 1 heterocycles.